The Labute approximate surface area is 784 Å². The van der Waals surface area contributed by atoms with Crippen LogP contribution in [0, 0.1) is 6.92 Å². The Kier molecular flexibility index (Phi) is 13.2. The smallest absolute Gasteiger partial charge is 0.136 e. The molecule has 0 radical (unpaired) electrons. The molecule has 606 valence electrons. The van der Waals surface area contributed by atoms with Crippen LogP contribution in [-0.4, -0.2) is 0 Å². The number of hydrogen-bond donors (Lipinski definition) is 0. The normalized spacial score (nSPS) is 14.3. The van der Waals surface area contributed by atoms with Crippen molar-refractivity contribution >= 4 is 163 Å². The first-order valence-electron chi connectivity index (χ1n) is 54.7. The average Bonchev–Trinajstić information content (AvgIpc) is 0.776. The van der Waals surface area contributed by atoms with Gasteiger partial charge in [-0.2, -0.15) is 0 Å². The van der Waals surface area contributed by atoms with Gasteiger partial charge in [-0.3, -0.25) is 0 Å². The van der Waals surface area contributed by atoms with Gasteiger partial charge in [0.05, 0.1) is 32.9 Å². The monoisotopic (exact) mass is 1680 g/mol. The second-order valence-corrected chi connectivity index (χ2v) is 32.6. The van der Waals surface area contributed by atoms with Gasteiger partial charge in [0.1, 0.15) is 33.5 Å². The largest absolute Gasteiger partial charge is 0.456 e. The zero-order valence-electron chi connectivity index (χ0n) is 93.3. The van der Waals surface area contributed by atoms with Gasteiger partial charge in [-0.15, -0.1) is 0 Å². The van der Waals surface area contributed by atoms with E-state index in [-0.39, 0.29) is 137 Å². The molecule has 0 bridgehead atoms. The Hall–Kier alpha value is -17.0. The summed E-state index contributed by atoms with van der Waals surface area (Å²) in [6.45, 7) is 2.04. The summed E-state index contributed by atoms with van der Waals surface area (Å²) in [4.78, 5) is 0. The highest BCUT2D eigenvalue weighted by Crippen LogP contribution is 2.50. The molecular formula is C127H80O3. The molecular weight excluding hydrogens is 1570 g/mol. The summed E-state index contributed by atoms with van der Waals surface area (Å²) in [5, 5.41) is 14.1. The zero-order valence-corrected chi connectivity index (χ0v) is 69.3. The van der Waals surface area contributed by atoms with Crippen LogP contribution in [0.1, 0.15) is 38.5 Å². The molecule has 0 spiro atoms. The van der Waals surface area contributed by atoms with Crippen molar-refractivity contribution in [1.82, 2.24) is 0 Å². The molecule has 27 rings (SSSR count). The van der Waals surface area contributed by atoms with E-state index >= 15 is 0 Å². The van der Waals surface area contributed by atoms with Crippen molar-refractivity contribution < 1.29 is 46.1 Å². The molecule has 0 amide bonds. The topological polar surface area (TPSA) is 39.4 Å². The minimum atomic E-state index is -0.427. The van der Waals surface area contributed by atoms with Crippen molar-refractivity contribution in [2.45, 2.75) is 6.92 Å². The summed E-state index contributed by atoms with van der Waals surface area (Å²) < 4.78 is 232. The lowest BCUT2D eigenvalue weighted by molar-refractivity contribution is 0.669. The van der Waals surface area contributed by atoms with Gasteiger partial charge in [0.25, 0.3) is 0 Å². The van der Waals surface area contributed by atoms with E-state index in [2.05, 4.69) is 115 Å². The van der Waals surface area contributed by atoms with Crippen molar-refractivity contribution in [3.05, 3.63) is 472 Å². The van der Waals surface area contributed by atoms with Gasteiger partial charge >= 0.3 is 0 Å². The molecule has 24 aromatic carbocycles. The van der Waals surface area contributed by atoms with E-state index in [4.69, 9.17) is 43.4 Å². The van der Waals surface area contributed by atoms with Crippen LogP contribution in [-0.2, 0) is 0 Å². The molecule has 0 saturated carbocycles. The number of fused-ring (bicyclic) bond motifs is 18. The lowest BCUT2D eigenvalue weighted by atomic mass is 9.86. The molecule has 0 unspecified atom stereocenters. The molecule has 130 heavy (non-hydrogen) atoms. The second kappa shape index (κ2) is 31.3. The fraction of sp³-hybridized carbons (Fsp3) is 0.00787. The summed E-state index contributed by atoms with van der Waals surface area (Å²) in [5.74, 6) is 0. The van der Waals surface area contributed by atoms with Crippen LogP contribution < -0.4 is 0 Å². The van der Waals surface area contributed by atoms with Crippen LogP contribution in [0.4, 0.5) is 0 Å². The van der Waals surface area contributed by atoms with Gasteiger partial charge in [-0.1, -0.05) is 393 Å². The first-order valence-corrected chi connectivity index (χ1v) is 42.7. The Morgan fingerprint density at radius 2 is 0.362 bits per heavy atom. The minimum Gasteiger partial charge on any atom is -0.456 e. The molecule has 0 N–H and O–H groups in total. The molecule has 0 aliphatic heterocycles. The Balaban J connectivity index is 0.000000119. The molecule has 3 aromatic heterocycles. The fourth-order valence-electron chi connectivity index (χ4n) is 19.0. The number of hydrogen-bond acceptors (Lipinski definition) is 3. The lowest BCUT2D eigenvalue weighted by Gasteiger charge is -2.18. The molecule has 0 aliphatic rings. The zero-order chi connectivity index (χ0) is 107. The number of benzene rings is 24. The van der Waals surface area contributed by atoms with E-state index in [1.807, 2.05) is 122 Å². The van der Waals surface area contributed by atoms with Crippen LogP contribution in [0.2, 0.25) is 0 Å². The van der Waals surface area contributed by atoms with Crippen LogP contribution in [0.15, 0.2) is 480 Å². The Morgan fingerprint density at radius 3 is 0.715 bits per heavy atom. The number of rotatable bonds is 9. The summed E-state index contributed by atoms with van der Waals surface area (Å²) >= 11 is 0. The predicted octanol–water partition coefficient (Wildman–Crippen LogP) is 36.4. The molecule has 0 fully saturated rings. The average molecular weight is 1680 g/mol. The summed E-state index contributed by atoms with van der Waals surface area (Å²) in [6, 6.07) is 95.0. The van der Waals surface area contributed by atoms with E-state index in [1.54, 1.807) is 91.0 Å². The molecule has 3 heteroatoms. The van der Waals surface area contributed by atoms with Crippen LogP contribution in [0.3, 0.4) is 0 Å². The molecule has 3 heterocycles. The van der Waals surface area contributed by atoms with Gasteiger partial charge in [0.2, 0.25) is 0 Å². The number of aryl methyl sites for hydroxylation is 1. The predicted molar refractivity (Wildman–Crippen MR) is 552 cm³/mol. The van der Waals surface area contributed by atoms with Crippen molar-refractivity contribution in [2.24, 2.45) is 0 Å². The third-order valence-electron chi connectivity index (χ3n) is 25.1. The van der Waals surface area contributed by atoms with E-state index in [0.717, 1.165) is 115 Å². The van der Waals surface area contributed by atoms with Gasteiger partial charge < -0.3 is 13.3 Å². The van der Waals surface area contributed by atoms with Gasteiger partial charge in [0.15, 0.2) is 0 Å². The molecule has 3 nitrogen and oxygen atoms in total. The maximum Gasteiger partial charge on any atom is 0.136 e. The summed E-state index contributed by atoms with van der Waals surface area (Å²) in [7, 11) is 0. The van der Waals surface area contributed by atoms with Crippen molar-refractivity contribution in [3.63, 3.8) is 0 Å². The SMILES string of the molecule is [2H]c1c([2H])c([2H])c2c(-c3ccc(-c4ccc(-c5ccc6oc7cc8ccccc8cc7c6c5)cc4)cc3)c3c([2H])c([2H])c([2H])c([2H])c3c(-c3ccccc3)c2c1[2H].[2H]c1c([2H])c([2H])c2c(-c3ccc4oc5cc6ccc(-c7ccccc7)cc6cc5c4c3)c3c([2H])c([2H])c([2H])c([2H])c3c(-c3ccccc3)c2c1[2H].[2H]c1c([2H])c([2H])c2c(-c3ccc4oc5cc6ccc(C)cc6cc5c4c3)c3c([2H])c([2H])c([2H])c([2H])c3c(-c3ccccc3)c2c1[2H]. The van der Waals surface area contributed by atoms with Crippen LogP contribution >= 0.6 is 0 Å². The quantitative estimate of drug-likeness (QED) is 0.135. The molecule has 27 aromatic rings. The maximum atomic E-state index is 9.21. The Morgan fingerprint density at radius 1 is 0.146 bits per heavy atom. The second-order valence-electron chi connectivity index (χ2n) is 32.6. The Bertz CT molecular complexity index is 10500. The third-order valence-corrected chi connectivity index (χ3v) is 25.1. The summed E-state index contributed by atoms with van der Waals surface area (Å²) in [6.07, 6.45) is 0. The van der Waals surface area contributed by atoms with Crippen LogP contribution in [0.5, 0.6) is 0 Å². The van der Waals surface area contributed by atoms with E-state index < -0.39 is 72.5 Å². The minimum absolute atomic E-state index is 0.183. The van der Waals surface area contributed by atoms with Crippen molar-refractivity contribution in [2.75, 3.05) is 0 Å². The highest BCUT2D eigenvalue weighted by atomic mass is 16.3. The van der Waals surface area contributed by atoms with Gasteiger partial charge in [-0.25, -0.2) is 0 Å². The van der Waals surface area contributed by atoms with Crippen molar-refractivity contribution in [3.8, 4) is 100 Å². The highest BCUT2D eigenvalue weighted by Gasteiger charge is 2.24. The van der Waals surface area contributed by atoms with E-state index in [9.17, 15) is 2.74 Å². The lowest BCUT2D eigenvalue weighted by Crippen LogP contribution is -1.90. The summed E-state index contributed by atoms with van der Waals surface area (Å²) in [5.41, 5.74) is 16.9. The molecule has 0 atom stereocenters. The third kappa shape index (κ3) is 13.0. The fourth-order valence-corrected chi connectivity index (χ4v) is 19.0. The molecule has 0 aliphatic carbocycles. The standard InChI is InChI=1S/C48H30O.C42H26O.C37H24O/c1-2-10-34(11-3-1)47-39-14-6-8-16-41(39)48(42-17-9-7-15-40(42)47)35-24-22-32(23-25-35)31-18-20-33(21-19-31)38-26-27-45-43(29-38)44-28-36-12-4-5-13-37(36)30-46(44)49-45;1-3-11-27(12-4-1)29-19-20-30-26-40-38(25-32(30)23-29)37-24-31(21-22-39(37)43-40)42-35-17-9-7-15-33(35)41(28-13-5-2-6-14-28)34-16-8-10-18-36(34)42;1-23-15-16-25-22-35-33(21-27(25)19-23)32-20-26(17-18-34(32)38-35)37-30-13-7-5-11-28(30)36(24-9-3-2-4-10-24)29-12-6-8-14-31(29)37/h1-30H;1-26H;2-22H,1H3/i6D,7D,8D,9D,14D,15D,16D,17D;7D,8D,9D,10D,15D,16D,17D,18D;5D,6D,7D,8D,11D,12D,13D,14D. The van der Waals surface area contributed by atoms with Gasteiger partial charge in [0, 0.05) is 32.3 Å². The first-order chi connectivity index (χ1) is 74.3. The first kappa shape index (κ1) is 54.7. The van der Waals surface area contributed by atoms with Crippen LogP contribution in [0.25, 0.3) is 263 Å². The van der Waals surface area contributed by atoms with Crippen molar-refractivity contribution in [1.29, 1.82) is 0 Å². The van der Waals surface area contributed by atoms with Gasteiger partial charge in [-0.05, 0) is 283 Å². The van der Waals surface area contributed by atoms with E-state index in [1.165, 1.54) is 0 Å². The highest BCUT2D eigenvalue weighted by molar-refractivity contribution is 6.26. The van der Waals surface area contributed by atoms with E-state index in [0.29, 0.717) is 89.1 Å². The molecule has 0 saturated heterocycles. The maximum absolute atomic E-state index is 9.21. The number of furan rings is 3.